The lowest BCUT2D eigenvalue weighted by molar-refractivity contribution is 0.213. The molecule has 2 atom stereocenters. The number of nitrogens with zero attached hydrogens (tertiary/aromatic N) is 1. The van der Waals surface area contributed by atoms with Gasteiger partial charge in [-0.3, -0.25) is 0 Å². The van der Waals surface area contributed by atoms with Crippen molar-refractivity contribution in [3.05, 3.63) is 34.9 Å². The van der Waals surface area contributed by atoms with Crippen molar-refractivity contribution < 1.29 is 4.84 Å². The number of rotatable bonds is 2. The van der Waals surface area contributed by atoms with Gasteiger partial charge < -0.3 is 4.84 Å². The van der Waals surface area contributed by atoms with Crippen LogP contribution < -0.4 is 0 Å². The molecule has 0 saturated heterocycles. The van der Waals surface area contributed by atoms with Gasteiger partial charge in [0.2, 0.25) is 0 Å². The first kappa shape index (κ1) is 13.8. The van der Waals surface area contributed by atoms with E-state index in [4.69, 9.17) is 4.84 Å². The smallest absolute Gasteiger partial charge is 0.106 e. The van der Waals surface area contributed by atoms with Crippen LogP contribution in [-0.2, 0) is 14.7 Å². The van der Waals surface area contributed by atoms with Gasteiger partial charge in [0.15, 0.2) is 0 Å². The van der Waals surface area contributed by atoms with Crippen molar-refractivity contribution in [2.75, 3.05) is 7.11 Å². The van der Waals surface area contributed by atoms with Gasteiger partial charge in [-0.15, -0.1) is 0 Å². The van der Waals surface area contributed by atoms with Crippen LogP contribution in [0.4, 0.5) is 0 Å². The normalized spacial score (nSPS) is 27.8. The molecule has 3 heteroatoms. The van der Waals surface area contributed by atoms with Gasteiger partial charge in [-0.1, -0.05) is 46.8 Å². The molecule has 0 N–H and O–H groups in total. The maximum atomic E-state index is 4.85. The van der Waals surface area contributed by atoms with Crippen molar-refractivity contribution in [3.63, 3.8) is 0 Å². The molecular formula is C15H20INO. The van der Waals surface area contributed by atoms with Gasteiger partial charge in [0.25, 0.3) is 0 Å². The Kier molecular flexibility index (Phi) is 3.99. The molecule has 0 heterocycles. The minimum atomic E-state index is 0.246. The lowest BCUT2D eigenvalue weighted by Crippen LogP contribution is -2.29. The van der Waals surface area contributed by atoms with Crippen LogP contribution in [0.25, 0.3) is 0 Å². The molecule has 1 aromatic carbocycles. The van der Waals surface area contributed by atoms with E-state index in [-0.39, 0.29) is 3.42 Å². The molecule has 98 valence electrons. The van der Waals surface area contributed by atoms with Gasteiger partial charge in [0, 0.05) is 3.42 Å². The Hall–Kier alpha value is -0.580. The van der Waals surface area contributed by atoms with E-state index < -0.39 is 0 Å². The third kappa shape index (κ3) is 2.42. The number of benzene rings is 1. The summed E-state index contributed by atoms with van der Waals surface area (Å²) in [7, 11) is 1.59. The van der Waals surface area contributed by atoms with Crippen LogP contribution in [0.3, 0.4) is 0 Å². The number of fused-ring (bicyclic) bond motifs is 1. The summed E-state index contributed by atoms with van der Waals surface area (Å²) in [5.41, 5.74) is 5.05. The second-order valence-electron chi connectivity index (χ2n) is 5.25. The van der Waals surface area contributed by atoms with Gasteiger partial charge in [-0.2, -0.15) is 0 Å². The standard InChI is InChI=1S/C15H20INO/c1-10-5-6-13-9-12(11(2)17-18-4)7-8-14(13)15(10,3)16/h7-10H,5-6H2,1-4H3/b17-11+. The lowest BCUT2D eigenvalue weighted by Gasteiger charge is -2.37. The van der Waals surface area contributed by atoms with E-state index in [0.29, 0.717) is 0 Å². The summed E-state index contributed by atoms with van der Waals surface area (Å²) in [5.74, 6) is 0.727. The van der Waals surface area contributed by atoms with E-state index in [2.05, 4.69) is 59.8 Å². The number of aryl methyl sites for hydroxylation is 1. The molecule has 1 aliphatic carbocycles. The molecule has 1 aromatic rings. The average Bonchev–Trinajstić information content (AvgIpc) is 2.34. The second-order valence-corrected chi connectivity index (χ2v) is 7.49. The zero-order chi connectivity index (χ0) is 13.3. The van der Waals surface area contributed by atoms with Gasteiger partial charge >= 0.3 is 0 Å². The molecule has 2 unspecified atom stereocenters. The van der Waals surface area contributed by atoms with Crippen LogP contribution in [0.1, 0.15) is 43.9 Å². The Balaban J connectivity index is 2.43. The minimum Gasteiger partial charge on any atom is -0.399 e. The van der Waals surface area contributed by atoms with Gasteiger partial charge in [0.1, 0.15) is 7.11 Å². The van der Waals surface area contributed by atoms with E-state index in [1.807, 2.05) is 6.92 Å². The molecule has 18 heavy (non-hydrogen) atoms. The zero-order valence-corrected chi connectivity index (χ0v) is 13.6. The van der Waals surface area contributed by atoms with Crippen molar-refractivity contribution >= 4 is 28.3 Å². The lowest BCUT2D eigenvalue weighted by atomic mass is 9.76. The van der Waals surface area contributed by atoms with E-state index in [1.165, 1.54) is 24.0 Å². The molecule has 0 radical (unpaired) electrons. The molecule has 0 aromatic heterocycles. The molecule has 2 nitrogen and oxygen atoms in total. The fourth-order valence-corrected chi connectivity index (χ4v) is 3.44. The van der Waals surface area contributed by atoms with Gasteiger partial charge in [-0.05, 0) is 55.4 Å². The largest absolute Gasteiger partial charge is 0.399 e. The topological polar surface area (TPSA) is 21.6 Å². The quantitative estimate of drug-likeness (QED) is 0.335. The molecule has 0 amide bonds. The highest BCUT2D eigenvalue weighted by Gasteiger charge is 2.35. The molecule has 1 aliphatic rings. The van der Waals surface area contributed by atoms with E-state index in [9.17, 15) is 0 Å². The third-order valence-corrected chi connectivity index (χ3v) is 5.69. The van der Waals surface area contributed by atoms with E-state index in [1.54, 1.807) is 7.11 Å². The van der Waals surface area contributed by atoms with Crippen molar-refractivity contribution in [3.8, 4) is 0 Å². The van der Waals surface area contributed by atoms with Crippen LogP contribution >= 0.6 is 22.6 Å². The number of hydrogen-bond acceptors (Lipinski definition) is 2. The first-order chi connectivity index (χ1) is 8.46. The minimum absolute atomic E-state index is 0.246. The molecular weight excluding hydrogens is 337 g/mol. The highest BCUT2D eigenvalue weighted by atomic mass is 127. The maximum absolute atomic E-state index is 4.85. The molecule has 0 bridgehead atoms. The number of oxime groups is 1. The Morgan fingerprint density at radius 1 is 1.50 bits per heavy atom. The number of hydrogen-bond donors (Lipinski definition) is 0. The Morgan fingerprint density at radius 2 is 2.22 bits per heavy atom. The first-order valence-corrected chi connectivity index (χ1v) is 7.45. The SMILES string of the molecule is CO/N=C(\C)c1ccc2c(c1)CCC(C)C2(C)I. The van der Waals surface area contributed by atoms with E-state index in [0.717, 1.165) is 17.2 Å². The third-order valence-electron chi connectivity index (χ3n) is 4.05. The summed E-state index contributed by atoms with van der Waals surface area (Å²) >= 11 is 2.60. The fourth-order valence-electron chi connectivity index (χ4n) is 2.60. The zero-order valence-electron chi connectivity index (χ0n) is 11.5. The predicted molar refractivity (Wildman–Crippen MR) is 84.5 cm³/mol. The van der Waals surface area contributed by atoms with Crippen LogP contribution in [0, 0.1) is 5.92 Å². The summed E-state index contributed by atoms with van der Waals surface area (Å²) in [6.07, 6.45) is 2.43. The van der Waals surface area contributed by atoms with Crippen LogP contribution in [0.15, 0.2) is 23.4 Å². The molecule has 0 aliphatic heterocycles. The average molecular weight is 357 g/mol. The van der Waals surface area contributed by atoms with Crippen molar-refractivity contribution in [2.24, 2.45) is 11.1 Å². The summed E-state index contributed by atoms with van der Waals surface area (Å²) in [4.78, 5) is 4.85. The van der Waals surface area contributed by atoms with Crippen molar-refractivity contribution in [1.29, 1.82) is 0 Å². The molecule has 0 saturated carbocycles. The van der Waals surface area contributed by atoms with E-state index >= 15 is 0 Å². The summed E-state index contributed by atoms with van der Waals surface area (Å²) < 4.78 is 0.246. The van der Waals surface area contributed by atoms with Gasteiger partial charge in [0.05, 0.1) is 5.71 Å². The second kappa shape index (κ2) is 5.19. The highest BCUT2D eigenvalue weighted by Crippen LogP contribution is 2.46. The van der Waals surface area contributed by atoms with Crippen molar-refractivity contribution in [2.45, 2.75) is 37.0 Å². The Bertz CT molecular complexity index is 479. The number of alkyl halides is 1. The Labute approximate surface area is 123 Å². The Morgan fingerprint density at radius 3 is 2.89 bits per heavy atom. The molecule has 0 fully saturated rings. The molecule has 0 spiro atoms. The summed E-state index contributed by atoms with van der Waals surface area (Å²) in [6, 6.07) is 6.70. The maximum Gasteiger partial charge on any atom is 0.106 e. The van der Waals surface area contributed by atoms with Crippen LogP contribution in [0.2, 0.25) is 0 Å². The predicted octanol–water partition coefficient (Wildman–Crippen LogP) is 4.29. The summed E-state index contributed by atoms with van der Waals surface area (Å²) in [6.45, 7) is 6.67. The molecule has 2 rings (SSSR count). The van der Waals surface area contributed by atoms with Gasteiger partial charge in [-0.25, -0.2) is 0 Å². The first-order valence-electron chi connectivity index (χ1n) is 6.37. The van der Waals surface area contributed by atoms with Crippen LogP contribution in [-0.4, -0.2) is 12.8 Å². The number of halogens is 1. The highest BCUT2D eigenvalue weighted by molar-refractivity contribution is 14.1. The van der Waals surface area contributed by atoms with Crippen molar-refractivity contribution in [1.82, 2.24) is 0 Å². The monoisotopic (exact) mass is 357 g/mol. The summed E-state index contributed by atoms with van der Waals surface area (Å²) in [5, 5.41) is 4.01. The fraction of sp³-hybridized carbons (Fsp3) is 0.533. The van der Waals surface area contributed by atoms with Crippen LogP contribution in [0.5, 0.6) is 0 Å².